The number of hydrogen-bond acceptors (Lipinski definition) is 6. The molecular formula is C22H26N2O5S. The zero-order valence-corrected chi connectivity index (χ0v) is 17.8. The monoisotopic (exact) mass is 430 g/mol. The van der Waals surface area contributed by atoms with Crippen LogP contribution in [0.1, 0.15) is 36.8 Å². The summed E-state index contributed by atoms with van der Waals surface area (Å²) in [6.07, 6.45) is 4.29. The standard InChI is InChI=1S/C22H26N2O5S/c1-24(10-3-2-4-11-24)13-15-5-7-16(8-6-15)18-17(19(27)28)23-20(29)22(14-26,9-12-25)21(23)30-18/h5-8,14,21,25H,2-4,9-13H2,1H3/t21-,22+/m1/s1. The number of quaternary nitrogens is 1. The first-order valence-electron chi connectivity index (χ1n) is 10.3. The normalized spacial score (nSPS) is 27.6. The molecule has 0 aliphatic carbocycles. The Bertz CT molecular complexity index is 907. The van der Waals surface area contributed by atoms with Gasteiger partial charge in [-0.25, -0.2) is 0 Å². The van der Waals surface area contributed by atoms with Crippen molar-refractivity contribution in [1.82, 2.24) is 4.90 Å². The minimum Gasteiger partial charge on any atom is -0.543 e. The van der Waals surface area contributed by atoms with Crippen molar-refractivity contribution >= 4 is 34.8 Å². The second-order valence-corrected chi connectivity index (χ2v) is 9.82. The fourth-order valence-corrected chi connectivity index (χ4v) is 6.45. The van der Waals surface area contributed by atoms with Crippen molar-refractivity contribution in [3.05, 3.63) is 41.1 Å². The first-order chi connectivity index (χ1) is 14.3. The van der Waals surface area contributed by atoms with Crippen LogP contribution in [0.15, 0.2) is 30.0 Å². The molecule has 1 aromatic carbocycles. The van der Waals surface area contributed by atoms with E-state index < -0.39 is 22.7 Å². The summed E-state index contributed by atoms with van der Waals surface area (Å²) in [5.74, 6) is -2.02. The molecule has 1 amide bonds. The van der Waals surface area contributed by atoms with Crippen LogP contribution in [0.5, 0.6) is 0 Å². The first-order valence-corrected chi connectivity index (χ1v) is 11.2. The van der Waals surface area contributed by atoms with E-state index in [1.807, 2.05) is 24.3 Å². The summed E-state index contributed by atoms with van der Waals surface area (Å²) in [7, 11) is 2.27. The lowest BCUT2D eigenvalue weighted by atomic mass is 9.76. The highest BCUT2D eigenvalue weighted by Crippen LogP contribution is 2.58. The summed E-state index contributed by atoms with van der Waals surface area (Å²) in [5.41, 5.74) is 0.307. The summed E-state index contributed by atoms with van der Waals surface area (Å²) in [4.78, 5) is 37.7. The Balaban J connectivity index is 1.59. The molecule has 0 unspecified atom stereocenters. The van der Waals surface area contributed by atoms with Crippen LogP contribution in [0.3, 0.4) is 0 Å². The van der Waals surface area contributed by atoms with Gasteiger partial charge >= 0.3 is 0 Å². The Morgan fingerprint density at radius 2 is 1.97 bits per heavy atom. The van der Waals surface area contributed by atoms with E-state index in [4.69, 9.17) is 0 Å². The van der Waals surface area contributed by atoms with E-state index in [0.29, 0.717) is 16.8 Å². The number of amides is 1. The molecule has 0 saturated carbocycles. The molecule has 3 aliphatic rings. The number of aliphatic carboxylic acids is 1. The van der Waals surface area contributed by atoms with Crippen molar-refractivity contribution in [1.29, 1.82) is 0 Å². The average molecular weight is 431 g/mol. The number of carboxylic acids is 1. The van der Waals surface area contributed by atoms with Gasteiger partial charge in [0.05, 0.1) is 31.8 Å². The van der Waals surface area contributed by atoms with Gasteiger partial charge in [-0.1, -0.05) is 36.0 Å². The van der Waals surface area contributed by atoms with Crippen molar-refractivity contribution in [2.45, 2.75) is 37.6 Å². The van der Waals surface area contributed by atoms with Gasteiger partial charge in [-0.05, 0) is 31.2 Å². The fraction of sp³-hybridized carbons (Fsp3) is 0.500. The third kappa shape index (κ3) is 3.27. The predicted octanol–water partition coefficient (Wildman–Crippen LogP) is 0.718. The Morgan fingerprint density at radius 1 is 1.30 bits per heavy atom. The molecule has 3 aliphatic heterocycles. The highest BCUT2D eigenvalue weighted by atomic mass is 32.2. The number of aldehydes is 1. The van der Waals surface area contributed by atoms with Crippen LogP contribution in [0, 0.1) is 5.41 Å². The molecule has 1 aromatic rings. The van der Waals surface area contributed by atoms with Gasteiger partial charge in [0.1, 0.15) is 23.6 Å². The number of thioether (sulfide) groups is 1. The SMILES string of the molecule is C[N+]1(Cc2ccc(C3=C(C(=O)[O-])N4C(=O)[C@@](C=O)(CCO)[C@H]4S3)cc2)CCCCC1. The molecule has 30 heavy (non-hydrogen) atoms. The Labute approximate surface area is 179 Å². The number of likely N-dealkylation sites (tertiary alicyclic amines) is 1. The van der Waals surface area contributed by atoms with E-state index in [9.17, 15) is 24.6 Å². The number of nitrogens with zero attached hydrogens (tertiary/aromatic N) is 2. The number of benzene rings is 1. The first kappa shape index (κ1) is 21.1. The van der Waals surface area contributed by atoms with Gasteiger partial charge in [0, 0.05) is 17.1 Å². The Morgan fingerprint density at radius 3 is 2.53 bits per heavy atom. The van der Waals surface area contributed by atoms with Gasteiger partial charge in [0.2, 0.25) is 5.91 Å². The minimum absolute atomic E-state index is 0.0213. The number of piperidine rings is 1. The molecule has 7 nitrogen and oxygen atoms in total. The molecule has 0 radical (unpaired) electrons. The van der Waals surface area contributed by atoms with E-state index >= 15 is 0 Å². The van der Waals surface area contributed by atoms with E-state index in [0.717, 1.165) is 29.0 Å². The van der Waals surface area contributed by atoms with Crippen LogP contribution in [0.25, 0.3) is 4.91 Å². The lowest BCUT2D eigenvalue weighted by Crippen LogP contribution is -2.67. The van der Waals surface area contributed by atoms with E-state index in [1.165, 1.54) is 36.6 Å². The van der Waals surface area contributed by atoms with Gasteiger partial charge in [0.15, 0.2) is 0 Å². The maximum Gasteiger partial charge on any atom is 0.244 e. The number of carboxylic acid groups (broad SMARTS) is 1. The van der Waals surface area contributed by atoms with Gasteiger partial charge in [-0.3, -0.25) is 9.69 Å². The van der Waals surface area contributed by atoms with Crippen LogP contribution in [-0.2, 0) is 20.9 Å². The fourth-order valence-electron chi connectivity index (χ4n) is 4.87. The number of rotatable bonds is 7. The molecule has 160 valence electrons. The van der Waals surface area contributed by atoms with Crippen molar-refractivity contribution in [2.24, 2.45) is 5.41 Å². The van der Waals surface area contributed by atoms with Gasteiger partial charge < -0.3 is 24.3 Å². The van der Waals surface area contributed by atoms with Crippen molar-refractivity contribution in [3.8, 4) is 0 Å². The number of carbonyl (C=O) groups excluding carboxylic acids is 3. The number of hydrogen-bond donors (Lipinski definition) is 1. The van der Waals surface area contributed by atoms with Gasteiger partial charge in [-0.15, -0.1) is 0 Å². The van der Waals surface area contributed by atoms with Gasteiger partial charge in [0.25, 0.3) is 0 Å². The zero-order chi connectivity index (χ0) is 21.5. The topological polar surface area (TPSA) is 97.7 Å². The van der Waals surface area contributed by atoms with Crippen molar-refractivity contribution < 1.29 is 29.1 Å². The lowest BCUT2D eigenvalue weighted by Gasteiger charge is -2.49. The summed E-state index contributed by atoms with van der Waals surface area (Å²) >= 11 is 1.18. The van der Waals surface area contributed by atoms with E-state index in [1.54, 1.807) is 0 Å². The average Bonchev–Trinajstić information content (AvgIpc) is 3.10. The minimum atomic E-state index is -1.44. The summed E-state index contributed by atoms with van der Waals surface area (Å²) in [5, 5.41) is 20.5. The molecule has 1 N–H and O–H groups in total. The largest absolute Gasteiger partial charge is 0.543 e. The van der Waals surface area contributed by atoms with Crippen LogP contribution >= 0.6 is 11.8 Å². The third-order valence-corrected chi connectivity index (χ3v) is 8.10. The third-order valence-electron chi connectivity index (χ3n) is 6.58. The smallest absolute Gasteiger partial charge is 0.244 e. The molecule has 2 saturated heterocycles. The quantitative estimate of drug-likeness (QED) is 0.296. The molecule has 0 bridgehead atoms. The molecule has 4 rings (SSSR count). The zero-order valence-electron chi connectivity index (χ0n) is 17.0. The van der Waals surface area contributed by atoms with E-state index in [2.05, 4.69) is 7.05 Å². The summed E-state index contributed by atoms with van der Waals surface area (Å²) < 4.78 is 1.01. The van der Waals surface area contributed by atoms with Crippen molar-refractivity contribution in [3.63, 3.8) is 0 Å². The van der Waals surface area contributed by atoms with Gasteiger partial charge in [-0.2, -0.15) is 0 Å². The molecule has 0 aromatic heterocycles. The molecule has 2 fully saturated rings. The highest BCUT2D eigenvalue weighted by molar-refractivity contribution is 8.09. The van der Waals surface area contributed by atoms with Crippen LogP contribution in [-0.4, -0.2) is 64.8 Å². The highest BCUT2D eigenvalue weighted by Gasteiger charge is 2.65. The Hall–Kier alpha value is -2.16. The predicted molar refractivity (Wildman–Crippen MR) is 110 cm³/mol. The molecule has 0 spiro atoms. The molecule has 2 atom stereocenters. The maximum atomic E-state index is 12.6. The summed E-state index contributed by atoms with van der Waals surface area (Å²) in [6.45, 7) is 2.93. The van der Waals surface area contributed by atoms with Crippen LogP contribution < -0.4 is 5.11 Å². The number of β-lactam (4-membered cyclic amide) rings is 1. The molecular weight excluding hydrogens is 404 g/mol. The van der Waals surface area contributed by atoms with Crippen LogP contribution in [0.4, 0.5) is 0 Å². The summed E-state index contributed by atoms with van der Waals surface area (Å²) in [6, 6.07) is 7.77. The molecule has 8 heteroatoms. The second kappa shape index (κ2) is 7.83. The van der Waals surface area contributed by atoms with E-state index in [-0.39, 0.29) is 18.7 Å². The molecule has 3 heterocycles. The maximum absolute atomic E-state index is 12.6. The van der Waals surface area contributed by atoms with Crippen molar-refractivity contribution in [2.75, 3.05) is 26.7 Å². The number of carbonyl (C=O) groups is 3. The van der Waals surface area contributed by atoms with Crippen LogP contribution in [0.2, 0.25) is 0 Å². The Kier molecular flexibility index (Phi) is 5.50. The second-order valence-electron chi connectivity index (χ2n) is 8.72. The number of aliphatic hydroxyl groups is 1. The number of fused-ring (bicyclic) bond motifs is 1. The lowest BCUT2D eigenvalue weighted by molar-refractivity contribution is -0.926. The number of aliphatic hydroxyl groups excluding tert-OH is 1.